The SMILES string of the molecule is O=C(O)CCc1cn(CC(=O)N2CCCC2)nn1. The van der Waals surface area contributed by atoms with E-state index >= 15 is 0 Å². The van der Waals surface area contributed by atoms with Gasteiger partial charge in [0, 0.05) is 25.7 Å². The Morgan fingerprint density at radius 2 is 2.06 bits per heavy atom. The summed E-state index contributed by atoms with van der Waals surface area (Å²) in [5.74, 6) is -0.820. The van der Waals surface area contributed by atoms with Gasteiger partial charge < -0.3 is 10.0 Å². The molecule has 0 atom stereocenters. The predicted molar refractivity (Wildman–Crippen MR) is 61.8 cm³/mol. The molecule has 0 bridgehead atoms. The molecule has 0 unspecified atom stereocenters. The second kappa shape index (κ2) is 5.61. The smallest absolute Gasteiger partial charge is 0.303 e. The molecular weight excluding hydrogens is 236 g/mol. The fraction of sp³-hybridized carbons (Fsp3) is 0.636. The molecule has 0 aromatic carbocycles. The number of carboxylic acids is 1. The highest BCUT2D eigenvalue weighted by molar-refractivity contribution is 5.76. The lowest BCUT2D eigenvalue weighted by atomic mass is 10.2. The predicted octanol–water partition coefficient (Wildman–Crippen LogP) is -0.0823. The molecule has 2 heterocycles. The third-order valence-corrected chi connectivity index (χ3v) is 2.94. The zero-order valence-electron chi connectivity index (χ0n) is 10.1. The van der Waals surface area contributed by atoms with Gasteiger partial charge in [-0.2, -0.15) is 0 Å². The number of aryl methyl sites for hydroxylation is 1. The van der Waals surface area contributed by atoms with Crippen LogP contribution in [0.3, 0.4) is 0 Å². The number of carbonyl (C=O) groups is 2. The summed E-state index contributed by atoms with van der Waals surface area (Å²) in [7, 11) is 0. The molecule has 1 fully saturated rings. The van der Waals surface area contributed by atoms with Crippen LogP contribution in [0.4, 0.5) is 0 Å². The molecule has 7 heteroatoms. The van der Waals surface area contributed by atoms with Crippen LogP contribution in [0.2, 0.25) is 0 Å². The first kappa shape index (κ1) is 12.5. The second-order valence-electron chi connectivity index (χ2n) is 4.39. The van der Waals surface area contributed by atoms with Gasteiger partial charge in [0.1, 0.15) is 6.54 Å². The molecular formula is C11H16N4O3. The molecule has 1 aromatic heterocycles. The van der Waals surface area contributed by atoms with E-state index in [0.717, 1.165) is 25.9 Å². The maximum atomic E-state index is 11.8. The monoisotopic (exact) mass is 252 g/mol. The Bertz CT molecular complexity index is 437. The lowest BCUT2D eigenvalue weighted by Crippen LogP contribution is -2.31. The zero-order chi connectivity index (χ0) is 13.0. The molecule has 0 radical (unpaired) electrons. The van der Waals surface area contributed by atoms with Gasteiger partial charge in [0.2, 0.25) is 5.91 Å². The Morgan fingerprint density at radius 3 is 2.72 bits per heavy atom. The third kappa shape index (κ3) is 3.28. The lowest BCUT2D eigenvalue weighted by Gasteiger charge is -2.14. The van der Waals surface area contributed by atoms with Gasteiger partial charge in [-0.25, -0.2) is 4.68 Å². The highest BCUT2D eigenvalue weighted by Gasteiger charge is 2.18. The number of carbonyl (C=O) groups excluding carboxylic acids is 1. The van der Waals surface area contributed by atoms with Crippen molar-refractivity contribution in [3.05, 3.63) is 11.9 Å². The summed E-state index contributed by atoms with van der Waals surface area (Å²) >= 11 is 0. The lowest BCUT2D eigenvalue weighted by molar-refractivity contribution is -0.137. The molecule has 1 N–H and O–H groups in total. The van der Waals surface area contributed by atoms with Gasteiger partial charge in [-0.15, -0.1) is 5.10 Å². The number of aliphatic carboxylic acids is 1. The number of aromatic nitrogens is 3. The summed E-state index contributed by atoms with van der Waals surface area (Å²) in [6, 6.07) is 0. The van der Waals surface area contributed by atoms with Crippen LogP contribution in [0.25, 0.3) is 0 Å². The Labute approximate surface area is 104 Å². The highest BCUT2D eigenvalue weighted by Crippen LogP contribution is 2.08. The molecule has 1 saturated heterocycles. The Morgan fingerprint density at radius 1 is 1.33 bits per heavy atom. The van der Waals surface area contributed by atoms with E-state index in [-0.39, 0.29) is 18.9 Å². The first-order valence-electron chi connectivity index (χ1n) is 6.04. The molecule has 18 heavy (non-hydrogen) atoms. The van der Waals surface area contributed by atoms with Crippen LogP contribution in [-0.4, -0.2) is 50.0 Å². The van der Waals surface area contributed by atoms with Crippen molar-refractivity contribution in [2.45, 2.75) is 32.2 Å². The summed E-state index contributed by atoms with van der Waals surface area (Å²) in [5.41, 5.74) is 0.603. The Kier molecular flexibility index (Phi) is 3.91. The molecule has 1 aliphatic heterocycles. The van der Waals surface area contributed by atoms with E-state index < -0.39 is 5.97 Å². The van der Waals surface area contributed by atoms with Crippen molar-refractivity contribution in [1.29, 1.82) is 0 Å². The van der Waals surface area contributed by atoms with Gasteiger partial charge in [0.05, 0.1) is 12.1 Å². The minimum atomic E-state index is -0.863. The van der Waals surface area contributed by atoms with Crippen molar-refractivity contribution in [3.8, 4) is 0 Å². The van der Waals surface area contributed by atoms with E-state index in [2.05, 4.69) is 10.3 Å². The summed E-state index contributed by atoms with van der Waals surface area (Å²) in [6.07, 6.45) is 4.13. The molecule has 0 saturated carbocycles. The van der Waals surface area contributed by atoms with Crippen molar-refractivity contribution in [2.75, 3.05) is 13.1 Å². The van der Waals surface area contributed by atoms with Gasteiger partial charge in [0.25, 0.3) is 0 Å². The number of likely N-dealkylation sites (tertiary alicyclic amines) is 1. The van der Waals surface area contributed by atoms with Crippen molar-refractivity contribution in [2.24, 2.45) is 0 Å². The van der Waals surface area contributed by atoms with Crippen LogP contribution in [0.5, 0.6) is 0 Å². The fourth-order valence-electron chi connectivity index (χ4n) is 1.97. The van der Waals surface area contributed by atoms with Gasteiger partial charge in [0.15, 0.2) is 0 Å². The van der Waals surface area contributed by atoms with E-state index in [0.29, 0.717) is 12.1 Å². The fourth-order valence-corrected chi connectivity index (χ4v) is 1.97. The third-order valence-electron chi connectivity index (χ3n) is 2.94. The molecule has 1 amide bonds. The van der Waals surface area contributed by atoms with Crippen LogP contribution in [-0.2, 0) is 22.6 Å². The largest absolute Gasteiger partial charge is 0.481 e. The minimum Gasteiger partial charge on any atom is -0.481 e. The van der Waals surface area contributed by atoms with E-state index in [4.69, 9.17) is 5.11 Å². The topological polar surface area (TPSA) is 88.3 Å². The minimum absolute atomic E-state index is 0.0266. The maximum Gasteiger partial charge on any atom is 0.303 e. The normalized spacial score (nSPS) is 15.0. The number of nitrogens with zero attached hydrogens (tertiary/aromatic N) is 4. The van der Waals surface area contributed by atoms with Gasteiger partial charge in [-0.05, 0) is 12.8 Å². The number of carboxylic acid groups (broad SMARTS) is 1. The Hall–Kier alpha value is -1.92. The van der Waals surface area contributed by atoms with Crippen molar-refractivity contribution < 1.29 is 14.7 Å². The molecule has 0 aliphatic carbocycles. The van der Waals surface area contributed by atoms with Crippen LogP contribution in [0, 0.1) is 0 Å². The molecule has 7 nitrogen and oxygen atoms in total. The van der Waals surface area contributed by atoms with Crippen LogP contribution < -0.4 is 0 Å². The van der Waals surface area contributed by atoms with Crippen LogP contribution in [0.1, 0.15) is 25.0 Å². The van der Waals surface area contributed by atoms with Crippen LogP contribution in [0.15, 0.2) is 6.20 Å². The van der Waals surface area contributed by atoms with Gasteiger partial charge in [-0.3, -0.25) is 9.59 Å². The zero-order valence-corrected chi connectivity index (χ0v) is 10.1. The van der Waals surface area contributed by atoms with E-state index in [1.165, 1.54) is 4.68 Å². The average Bonchev–Trinajstić information content (AvgIpc) is 2.97. The van der Waals surface area contributed by atoms with Crippen molar-refractivity contribution in [3.63, 3.8) is 0 Å². The molecule has 0 spiro atoms. The summed E-state index contributed by atoms with van der Waals surface area (Å²) in [4.78, 5) is 24.1. The average molecular weight is 252 g/mol. The van der Waals surface area contributed by atoms with E-state index in [1.54, 1.807) is 6.20 Å². The Balaban J connectivity index is 1.85. The standard InChI is InChI=1S/C11H16N4O3/c16-10(14-5-1-2-6-14)8-15-7-9(12-13-15)3-4-11(17)18/h7H,1-6,8H2,(H,17,18). The summed E-state index contributed by atoms with van der Waals surface area (Å²) < 4.78 is 1.47. The number of hydrogen-bond donors (Lipinski definition) is 1. The number of rotatable bonds is 5. The van der Waals surface area contributed by atoms with Crippen molar-refractivity contribution in [1.82, 2.24) is 19.9 Å². The quantitative estimate of drug-likeness (QED) is 0.791. The van der Waals surface area contributed by atoms with E-state index in [9.17, 15) is 9.59 Å². The maximum absolute atomic E-state index is 11.8. The molecule has 1 aliphatic rings. The van der Waals surface area contributed by atoms with Gasteiger partial charge >= 0.3 is 5.97 Å². The van der Waals surface area contributed by atoms with E-state index in [1.807, 2.05) is 4.90 Å². The first-order valence-corrected chi connectivity index (χ1v) is 6.04. The second-order valence-corrected chi connectivity index (χ2v) is 4.39. The van der Waals surface area contributed by atoms with Gasteiger partial charge in [-0.1, -0.05) is 5.21 Å². The molecule has 98 valence electrons. The summed E-state index contributed by atoms with van der Waals surface area (Å²) in [6.45, 7) is 1.82. The summed E-state index contributed by atoms with van der Waals surface area (Å²) in [5, 5.41) is 16.2. The number of amides is 1. The molecule has 1 aromatic rings. The van der Waals surface area contributed by atoms with Crippen LogP contribution >= 0.6 is 0 Å². The molecule has 2 rings (SSSR count). The first-order chi connectivity index (χ1) is 8.65. The highest BCUT2D eigenvalue weighted by atomic mass is 16.4. The van der Waals surface area contributed by atoms with Crippen molar-refractivity contribution >= 4 is 11.9 Å². The number of hydrogen-bond acceptors (Lipinski definition) is 4.